The summed E-state index contributed by atoms with van der Waals surface area (Å²) in [6, 6.07) is 3.15. The molecule has 1 aromatic rings. The van der Waals surface area contributed by atoms with Crippen LogP contribution in [0, 0.1) is 5.82 Å². The molecule has 2 amide bonds. The van der Waals surface area contributed by atoms with Crippen LogP contribution in [0.2, 0.25) is 0 Å². The van der Waals surface area contributed by atoms with Gasteiger partial charge in [0, 0.05) is 26.1 Å². The van der Waals surface area contributed by atoms with Gasteiger partial charge in [-0.2, -0.15) is 0 Å². The molecule has 0 saturated carbocycles. The highest BCUT2D eigenvalue weighted by atomic mass is 32.2. The number of piperidine rings is 1. The van der Waals surface area contributed by atoms with E-state index in [4.69, 9.17) is 0 Å². The molecule has 0 aromatic heterocycles. The third-order valence-electron chi connectivity index (χ3n) is 3.62. The molecule has 7 nitrogen and oxygen atoms in total. The summed E-state index contributed by atoms with van der Waals surface area (Å²) in [5.74, 6) is -1.29. The fraction of sp³-hybridized carbons (Fsp3) is 0.467. The zero-order chi connectivity index (χ0) is 17.9. The van der Waals surface area contributed by atoms with Crippen LogP contribution in [-0.2, 0) is 14.8 Å². The summed E-state index contributed by atoms with van der Waals surface area (Å²) in [7, 11) is -3.60. The van der Waals surface area contributed by atoms with Gasteiger partial charge in [0.25, 0.3) is 5.91 Å². The number of carbonyl (C=O) groups excluding carboxylic acids is 2. The molecule has 2 rings (SSSR count). The van der Waals surface area contributed by atoms with Gasteiger partial charge in [-0.3, -0.25) is 14.3 Å². The molecule has 2 N–H and O–H groups in total. The molecule has 0 radical (unpaired) electrons. The summed E-state index contributed by atoms with van der Waals surface area (Å²) in [5.41, 5.74) is -0.0190. The molecule has 1 atom stereocenters. The van der Waals surface area contributed by atoms with Crippen LogP contribution >= 0.6 is 0 Å². The first-order chi connectivity index (χ1) is 11.2. The molecular weight excluding hydrogens is 337 g/mol. The zero-order valence-corrected chi connectivity index (χ0v) is 14.3. The smallest absolute Gasteiger partial charge is 0.256 e. The number of amides is 2. The number of halogens is 1. The number of hydrogen-bond acceptors (Lipinski definition) is 4. The van der Waals surface area contributed by atoms with Crippen molar-refractivity contribution in [3.05, 3.63) is 29.6 Å². The van der Waals surface area contributed by atoms with Crippen molar-refractivity contribution in [1.82, 2.24) is 10.2 Å². The van der Waals surface area contributed by atoms with E-state index in [1.807, 2.05) is 0 Å². The number of likely N-dealkylation sites (tertiary alicyclic amines) is 1. The van der Waals surface area contributed by atoms with E-state index < -0.39 is 21.7 Å². The molecule has 1 aliphatic rings. The molecule has 1 fully saturated rings. The van der Waals surface area contributed by atoms with Gasteiger partial charge in [0.2, 0.25) is 15.9 Å². The Morgan fingerprint density at radius 2 is 2.04 bits per heavy atom. The molecular formula is C15H20FN3O4S. The highest BCUT2D eigenvalue weighted by molar-refractivity contribution is 7.92. The van der Waals surface area contributed by atoms with Gasteiger partial charge in [0.1, 0.15) is 5.82 Å². The number of hydrogen-bond donors (Lipinski definition) is 2. The molecule has 1 unspecified atom stereocenters. The van der Waals surface area contributed by atoms with Crippen molar-refractivity contribution in [1.29, 1.82) is 0 Å². The van der Waals surface area contributed by atoms with Crippen molar-refractivity contribution in [3.8, 4) is 0 Å². The van der Waals surface area contributed by atoms with Crippen molar-refractivity contribution in [2.24, 2.45) is 0 Å². The normalized spacial score (nSPS) is 18.1. The Bertz CT molecular complexity index is 751. The molecule has 0 spiro atoms. The largest absolute Gasteiger partial charge is 0.352 e. The van der Waals surface area contributed by atoms with Crippen molar-refractivity contribution in [3.63, 3.8) is 0 Å². The van der Waals surface area contributed by atoms with Crippen LogP contribution in [0.3, 0.4) is 0 Å². The highest BCUT2D eigenvalue weighted by Crippen LogP contribution is 2.22. The van der Waals surface area contributed by atoms with E-state index >= 15 is 0 Å². The Labute approximate surface area is 140 Å². The molecule has 0 bridgehead atoms. The minimum atomic E-state index is -3.60. The third kappa shape index (κ3) is 4.92. The molecule has 1 aromatic carbocycles. The standard InChI is InChI=1S/C15H20FN3O4S/c1-10(20)17-12-4-3-7-19(9-12)15(21)13-8-11(16)5-6-14(13)18-24(2,22)23/h5-6,8,12,18H,3-4,7,9H2,1-2H3,(H,17,20). The van der Waals surface area contributed by atoms with Gasteiger partial charge < -0.3 is 10.2 Å². The molecule has 1 saturated heterocycles. The van der Waals surface area contributed by atoms with Gasteiger partial charge in [-0.15, -0.1) is 0 Å². The van der Waals surface area contributed by atoms with Gasteiger partial charge in [-0.05, 0) is 31.0 Å². The Morgan fingerprint density at radius 3 is 2.67 bits per heavy atom. The van der Waals surface area contributed by atoms with Crippen molar-refractivity contribution in [2.75, 3.05) is 24.1 Å². The third-order valence-corrected chi connectivity index (χ3v) is 4.21. The van der Waals surface area contributed by atoms with Crippen LogP contribution in [-0.4, -0.2) is 50.5 Å². The molecule has 9 heteroatoms. The van der Waals surface area contributed by atoms with Crippen LogP contribution in [0.4, 0.5) is 10.1 Å². The van der Waals surface area contributed by atoms with Crippen molar-refractivity contribution in [2.45, 2.75) is 25.8 Å². The number of sulfonamides is 1. The number of benzene rings is 1. The summed E-state index contributed by atoms with van der Waals surface area (Å²) in [4.78, 5) is 25.4. The SMILES string of the molecule is CC(=O)NC1CCCN(C(=O)c2cc(F)ccc2NS(C)(=O)=O)C1. The van der Waals surface area contributed by atoms with Crippen LogP contribution < -0.4 is 10.0 Å². The number of nitrogens with zero attached hydrogens (tertiary/aromatic N) is 1. The van der Waals surface area contributed by atoms with E-state index in [9.17, 15) is 22.4 Å². The summed E-state index contributed by atoms with van der Waals surface area (Å²) < 4.78 is 38.6. The number of carbonyl (C=O) groups is 2. The topological polar surface area (TPSA) is 95.6 Å². The number of rotatable bonds is 4. The summed E-state index contributed by atoms with van der Waals surface area (Å²) in [5, 5.41) is 2.76. The zero-order valence-electron chi connectivity index (χ0n) is 13.5. The lowest BCUT2D eigenvalue weighted by atomic mass is 10.0. The summed E-state index contributed by atoms with van der Waals surface area (Å²) in [6.07, 6.45) is 2.40. The van der Waals surface area contributed by atoms with Gasteiger partial charge in [0.15, 0.2) is 0 Å². The predicted molar refractivity (Wildman–Crippen MR) is 87.6 cm³/mol. The van der Waals surface area contributed by atoms with Gasteiger partial charge in [-0.1, -0.05) is 0 Å². The molecule has 132 valence electrons. The van der Waals surface area contributed by atoms with Crippen LogP contribution in [0.5, 0.6) is 0 Å². The van der Waals surface area contributed by atoms with E-state index in [1.54, 1.807) is 0 Å². The predicted octanol–water partition coefficient (Wildman–Crippen LogP) is 0.938. The molecule has 24 heavy (non-hydrogen) atoms. The van der Waals surface area contributed by atoms with E-state index in [2.05, 4.69) is 10.0 Å². The van der Waals surface area contributed by atoms with E-state index in [0.717, 1.165) is 24.8 Å². The molecule has 0 aliphatic carbocycles. The lowest BCUT2D eigenvalue weighted by Gasteiger charge is -2.33. The average Bonchev–Trinajstić information content (AvgIpc) is 2.46. The van der Waals surface area contributed by atoms with Crippen LogP contribution in [0.25, 0.3) is 0 Å². The minimum Gasteiger partial charge on any atom is -0.352 e. The Morgan fingerprint density at radius 1 is 1.33 bits per heavy atom. The lowest BCUT2D eigenvalue weighted by Crippen LogP contribution is -2.49. The summed E-state index contributed by atoms with van der Waals surface area (Å²) in [6.45, 7) is 2.17. The van der Waals surface area contributed by atoms with E-state index in [-0.39, 0.29) is 23.2 Å². The monoisotopic (exact) mass is 357 g/mol. The first-order valence-corrected chi connectivity index (χ1v) is 9.38. The first kappa shape index (κ1) is 18.2. The second kappa shape index (κ2) is 7.16. The van der Waals surface area contributed by atoms with Crippen LogP contribution in [0.15, 0.2) is 18.2 Å². The van der Waals surface area contributed by atoms with Crippen LogP contribution in [0.1, 0.15) is 30.1 Å². The molecule has 1 aliphatic heterocycles. The Balaban J connectivity index is 2.25. The number of nitrogens with one attached hydrogen (secondary N) is 2. The Kier molecular flexibility index (Phi) is 5.43. The summed E-state index contributed by atoms with van der Waals surface area (Å²) >= 11 is 0. The highest BCUT2D eigenvalue weighted by Gasteiger charge is 2.27. The van der Waals surface area contributed by atoms with Gasteiger partial charge in [-0.25, -0.2) is 12.8 Å². The Hall–Kier alpha value is -2.16. The maximum Gasteiger partial charge on any atom is 0.256 e. The number of anilines is 1. The fourth-order valence-corrected chi connectivity index (χ4v) is 3.30. The maximum absolute atomic E-state index is 13.6. The lowest BCUT2D eigenvalue weighted by molar-refractivity contribution is -0.120. The van der Waals surface area contributed by atoms with Crippen molar-refractivity contribution < 1.29 is 22.4 Å². The average molecular weight is 357 g/mol. The van der Waals surface area contributed by atoms with Gasteiger partial charge in [0.05, 0.1) is 17.5 Å². The maximum atomic E-state index is 13.6. The first-order valence-electron chi connectivity index (χ1n) is 7.49. The second-order valence-electron chi connectivity index (χ2n) is 5.85. The van der Waals surface area contributed by atoms with E-state index in [0.29, 0.717) is 19.5 Å². The minimum absolute atomic E-state index is 0.0329. The van der Waals surface area contributed by atoms with Crippen molar-refractivity contribution >= 4 is 27.5 Å². The quantitative estimate of drug-likeness (QED) is 0.838. The second-order valence-corrected chi connectivity index (χ2v) is 7.60. The molecule has 1 heterocycles. The van der Waals surface area contributed by atoms with E-state index in [1.165, 1.54) is 17.9 Å². The van der Waals surface area contributed by atoms with Gasteiger partial charge >= 0.3 is 0 Å². The fourth-order valence-electron chi connectivity index (χ4n) is 2.72.